The lowest BCUT2D eigenvalue weighted by atomic mass is 10.1. The van der Waals surface area contributed by atoms with Gasteiger partial charge >= 0.3 is 0 Å². The van der Waals surface area contributed by atoms with Gasteiger partial charge in [0.1, 0.15) is 5.82 Å². The zero-order valence-electron chi connectivity index (χ0n) is 10.7. The number of anilines is 1. The Balaban J connectivity index is 1.89. The molecule has 0 saturated heterocycles. The lowest BCUT2D eigenvalue weighted by Gasteiger charge is -2.25. The second-order valence-electron chi connectivity index (χ2n) is 5.06. The third-order valence-corrected chi connectivity index (χ3v) is 4.29. The summed E-state index contributed by atoms with van der Waals surface area (Å²) in [6.45, 7) is 3.05. The van der Waals surface area contributed by atoms with Crippen LogP contribution in [0.5, 0.6) is 0 Å². The molecule has 1 atom stereocenters. The number of fused-ring (bicyclic) bond motifs is 1. The topological polar surface area (TPSA) is 3.24 Å². The van der Waals surface area contributed by atoms with Gasteiger partial charge in [0.15, 0.2) is 0 Å². The SMILES string of the molecule is CC1Cc2ccccc2N1Cc1ccc(F)c(Br)c1. The smallest absolute Gasteiger partial charge is 0.137 e. The lowest BCUT2D eigenvalue weighted by molar-refractivity contribution is 0.618. The molecule has 0 bridgehead atoms. The Labute approximate surface area is 121 Å². The summed E-state index contributed by atoms with van der Waals surface area (Å²) in [7, 11) is 0. The molecular weight excluding hydrogens is 305 g/mol. The molecule has 2 aromatic rings. The molecule has 98 valence electrons. The van der Waals surface area contributed by atoms with E-state index in [1.54, 1.807) is 0 Å². The largest absolute Gasteiger partial charge is 0.364 e. The van der Waals surface area contributed by atoms with E-state index in [9.17, 15) is 4.39 Å². The molecule has 0 aromatic heterocycles. The minimum atomic E-state index is -0.210. The van der Waals surface area contributed by atoms with Crippen LogP contribution in [0.1, 0.15) is 18.1 Å². The van der Waals surface area contributed by atoms with Gasteiger partial charge in [-0.25, -0.2) is 4.39 Å². The van der Waals surface area contributed by atoms with E-state index >= 15 is 0 Å². The van der Waals surface area contributed by atoms with E-state index in [2.05, 4.69) is 52.0 Å². The van der Waals surface area contributed by atoms with Gasteiger partial charge in [-0.15, -0.1) is 0 Å². The number of hydrogen-bond donors (Lipinski definition) is 0. The number of hydrogen-bond acceptors (Lipinski definition) is 1. The number of rotatable bonds is 2. The van der Waals surface area contributed by atoms with Crippen LogP contribution in [0.25, 0.3) is 0 Å². The van der Waals surface area contributed by atoms with Crippen molar-refractivity contribution in [2.45, 2.75) is 25.9 Å². The van der Waals surface area contributed by atoms with E-state index in [-0.39, 0.29) is 5.82 Å². The molecule has 1 aliphatic heterocycles. The van der Waals surface area contributed by atoms with Crippen LogP contribution in [0.15, 0.2) is 46.9 Å². The molecule has 0 aliphatic carbocycles. The highest BCUT2D eigenvalue weighted by atomic mass is 79.9. The van der Waals surface area contributed by atoms with Gasteiger partial charge in [-0.3, -0.25) is 0 Å². The van der Waals surface area contributed by atoms with Crippen LogP contribution in [-0.4, -0.2) is 6.04 Å². The molecule has 1 nitrogen and oxygen atoms in total. The molecule has 0 fully saturated rings. The number of para-hydroxylation sites is 1. The van der Waals surface area contributed by atoms with Crippen LogP contribution < -0.4 is 4.90 Å². The predicted molar refractivity (Wildman–Crippen MR) is 79.9 cm³/mol. The second-order valence-corrected chi connectivity index (χ2v) is 5.91. The van der Waals surface area contributed by atoms with Crippen molar-refractivity contribution in [2.24, 2.45) is 0 Å². The van der Waals surface area contributed by atoms with E-state index in [0.29, 0.717) is 10.5 Å². The monoisotopic (exact) mass is 319 g/mol. The number of benzene rings is 2. The van der Waals surface area contributed by atoms with Crippen molar-refractivity contribution < 1.29 is 4.39 Å². The van der Waals surface area contributed by atoms with Crippen LogP contribution in [0.3, 0.4) is 0 Å². The maximum Gasteiger partial charge on any atom is 0.137 e. The van der Waals surface area contributed by atoms with E-state index in [1.165, 1.54) is 17.3 Å². The molecule has 0 radical (unpaired) electrons. The van der Waals surface area contributed by atoms with Crippen LogP contribution >= 0.6 is 15.9 Å². The average Bonchev–Trinajstić information content (AvgIpc) is 2.71. The van der Waals surface area contributed by atoms with Gasteiger partial charge in [-0.2, -0.15) is 0 Å². The number of nitrogens with zero attached hydrogens (tertiary/aromatic N) is 1. The third kappa shape index (κ3) is 2.39. The summed E-state index contributed by atoms with van der Waals surface area (Å²) in [6, 6.07) is 14.2. The maximum absolute atomic E-state index is 13.3. The quantitative estimate of drug-likeness (QED) is 0.785. The predicted octanol–water partition coefficient (Wildman–Crippen LogP) is 4.54. The van der Waals surface area contributed by atoms with Gasteiger partial charge in [-0.05, 0) is 58.6 Å². The average molecular weight is 320 g/mol. The molecule has 3 heteroatoms. The molecule has 2 aromatic carbocycles. The van der Waals surface area contributed by atoms with Crippen LogP contribution in [-0.2, 0) is 13.0 Å². The summed E-state index contributed by atoms with van der Waals surface area (Å²) in [5.74, 6) is -0.210. The number of halogens is 2. The molecule has 1 unspecified atom stereocenters. The van der Waals surface area contributed by atoms with Crippen LogP contribution in [0.4, 0.5) is 10.1 Å². The minimum absolute atomic E-state index is 0.210. The summed E-state index contributed by atoms with van der Waals surface area (Å²) < 4.78 is 13.8. The van der Waals surface area contributed by atoms with E-state index in [4.69, 9.17) is 0 Å². The first-order chi connectivity index (χ1) is 9.15. The van der Waals surface area contributed by atoms with Crippen molar-refractivity contribution in [1.29, 1.82) is 0 Å². The van der Waals surface area contributed by atoms with Gasteiger partial charge in [0.25, 0.3) is 0 Å². The van der Waals surface area contributed by atoms with E-state index in [1.807, 2.05) is 12.1 Å². The molecule has 0 spiro atoms. The van der Waals surface area contributed by atoms with Gasteiger partial charge in [0.2, 0.25) is 0 Å². The van der Waals surface area contributed by atoms with E-state index in [0.717, 1.165) is 18.5 Å². The van der Waals surface area contributed by atoms with Crippen molar-refractivity contribution in [3.63, 3.8) is 0 Å². The third-order valence-electron chi connectivity index (χ3n) is 3.69. The van der Waals surface area contributed by atoms with E-state index < -0.39 is 0 Å². The van der Waals surface area contributed by atoms with Crippen molar-refractivity contribution in [3.05, 3.63) is 63.9 Å². The Morgan fingerprint density at radius 3 is 2.84 bits per heavy atom. The Morgan fingerprint density at radius 1 is 1.26 bits per heavy atom. The van der Waals surface area contributed by atoms with Crippen molar-refractivity contribution in [1.82, 2.24) is 0 Å². The van der Waals surface area contributed by atoms with Gasteiger partial charge in [0, 0.05) is 18.3 Å². The Bertz CT molecular complexity index is 611. The van der Waals surface area contributed by atoms with Crippen molar-refractivity contribution in [3.8, 4) is 0 Å². The first kappa shape index (κ1) is 12.7. The van der Waals surface area contributed by atoms with Crippen LogP contribution in [0, 0.1) is 5.82 Å². The Morgan fingerprint density at radius 2 is 2.05 bits per heavy atom. The zero-order chi connectivity index (χ0) is 13.4. The Kier molecular flexibility index (Phi) is 3.31. The standard InChI is InChI=1S/C16H15BrFN/c1-11-8-13-4-2-3-5-16(13)19(11)10-12-6-7-15(18)14(17)9-12/h2-7,9,11H,8,10H2,1H3. The molecule has 19 heavy (non-hydrogen) atoms. The molecule has 3 rings (SSSR count). The first-order valence-electron chi connectivity index (χ1n) is 6.43. The summed E-state index contributed by atoms with van der Waals surface area (Å²) in [4.78, 5) is 2.38. The normalized spacial score (nSPS) is 17.6. The second kappa shape index (κ2) is 4.97. The van der Waals surface area contributed by atoms with Crippen molar-refractivity contribution >= 4 is 21.6 Å². The molecule has 0 saturated carbocycles. The summed E-state index contributed by atoms with van der Waals surface area (Å²) in [6.07, 6.45) is 1.08. The summed E-state index contributed by atoms with van der Waals surface area (Å²) in [5, 5.41) is 0. The van der Waals surface area contributed by atoms with Gasteiger partial charge in [-0.1, -0.05) is 24.3 Å². The molecule has 0 amide bonds. The molecule has 1 aliphatic rings. The Hall–Kier alpha value is -1.35. The highest BCUT2D eigenvalue weighted by molar-refractivity contribution is 9.10. The highest BCUT2D eigenvalue weighted by Crippen LogP contribution is 2.33. The fraction of sp³-hybridized carbons (Fsp3) is 0.250. The lowest BCUT2D eigenvalue weighted by Crippen LogP contribution is -2.28. The van der Waals surface area contributed by atoms with Gasteiger partial charge < -0.3 is 4.90 Å². The molecular formula is C16H15BrFN. The summed E-state index contributed by atoms with van der Waals surface area (Å²) >= 11 is 3.25. The molecule has 0 N–H and O–H groups in total. The van der Waals surface area contributed by atoms with Gasteiger partial charge in [0.05, 0.1) is 4.47 Å². The first-order valence-corrected chi connectivity index (χ1v) is 7.23. The fourth-order valence-corrected chi connectivity index (χ4v) is 3.13. The minimum Gasteiger partial charge on any atom is -0.364 e. The van der Waals surface area contributed by atoms with Crippen molar-refractivity contribution in [2.75, 3.05) is 4.90 Å². The fourth-order valence-electron chi connectivity index (χ4n) is 2.71. The highest BCUT2D eigenvalue weighted by Gasteiger charge is 2.25. The van der Waals surface area contributed by atoms with Crippen LogP contribution in [0.2, 0.25) is 0 Å². The molecule has 1 heterocycles. The zero-order valence-corrected chi connectivity index (χ0v) is 12.3. The maximum atomic E-state index is 13.3. The summed E-state index contributed by atoms with van der Waals surface area (Å²) in [5.41, 5.74) is 3.82.